The summed E-state index contributed by atoms with van der Waals surface area (Å²) in [6.07, 6.45) is 0. The van der Waals surface area contributed by atoms with E-state index in [1.165, 1.54) is 24.3 Å². The standard InChI is InChI=1S/C17H20ClN3O3S/c1-11(15-5-3-4-6-16(15)18)20-12(2)17(22)21-13-7-9-14(10-8-13)25(19,23)24/h3-12,20H,1-2H3,(H,21,22)(H2,19,23,24)/t11-,12-/m1/s1. The minimum Gasteiger partial charge on any atom is -0.325 e. The number of primary sulfonamides is 1. The number of rotatable bonds is 6. The number of carbonyl (C=O) groups is 1. The zero-order valence-corrected chi connectivity index (χ0v) is 15.4. The van der Waals surface area contributed by atoms with Gasteiger partial charge in [0.2, 0.25) is 15.9 Å². The van der Waals surface area contributed by atoms with Crippen molar-refractivity contribution in [3.05, 3.63) is 59.1 Å². The summed E-state index contributed by atoms with van der Waals surface area (Å²) in [5.74, 6) is -0.248. The molecule has 0 unspecified atom stereocenters. The maximum absolute atomic E-state index is 12.3. The molecule has 2 aromatic rings. The molecule has 134 valence electrons. The Morgan fingerprint density at radius 2 is 1.68 bits per heavy atom. The summed E-state index contributed by atoms with van der Waals surface area (Å²) in [6.45, 7) is 3.66. The van der Waals surface area contributed by atoms with E-state index in [9.17, 15) is 13.2 Å². The second-order valence-electron chi connectivity index (χ2n) is 5.69. The van der Waals surface area contributed by atoms with E-state index < -0.39 is 16.1 Å². The quantitative estimate of drug-likeness (QED) is 0.715. The molecule has 1 amide bonds. The first-order valence-corrected chi connectivity index (χ1v) is 9.55. The summed E-state index contributed by atoms with van der Waals surface area (Å²) in [6, 6.07) is 12.5. The fourth-order valence-corrected chi connectivity index (χ4v) is 3.16. The Labute approximate surface area is 152 Å². The van der Waals surface area contributed by atoms with E-state index in [-0.39, 0.29) is 16.8 Å². The van der Waals surface area contributed by atoms with E-state index in [0.29, 0.717) is 10.7 Å². The van der Waals surface area contributed by atoms with Crippen LogP contribution in [-0.2, 0) is 14.8 Å². The van der Waals surface area contributed by atoms with Crippen LogP contribution in [0.15, 0.2) is 53.4 Å². The van der Waals surface area contributed by atoms with Gasteiger partial charge in [0.15, 0.2) is 0 Å². The molecule has 0 spiro atoms. The molecule has 25 heavy (non-hydrogen) atoms. The van der Waals surface area contributed by atoms with Crippen LogP contribution < -0.4 is 15.8 Å². The lowest BCUT2D eigenvalue weighted by molar-refractivity contribution is -0.117. The van der Waals surface area contributed by atoms with Gasteiger partial charge in [-0.3, -0.25) is 10.1 Å². The van der Waals surface area contributed by atoms with Crippen molar-refractivity contribution in [2.45, 2.75) is 30.8 Å². The monoisotopic (exact) mass is 381 g/mol. The predicted molar refractivity (Wildman–Crippen MR) is 98.9 cm³/mol. The average Bonchev–Trinajstić information content (AvgIpc) is 2.54. The summed E-state index contributed by atoms with van der Waals surface area (Å²) in [5, 5.41) is 11.6. The number of halogens is 1. The van der Waals surface area contributed by atoms with Crippen molar-refractivity contribution in [2.24, 2.45) is 5.14 Å². The number of nitrogens with one attached hydrogen (secondary N) is 2. The van der Waals surface area contributed by atoms with Gasteiger partial charge in [0.25, 0.3) is 0 Å². The predicted octanol–water partition coefficient (Wildman–Crippen LogP) is 2.67. The molecule has 2 aromatic carbocycles. The minimum absolute atomic E-state index is 0.0102. The summed E-state index contributed by atoms with van der Waals surface area (Å²) >= 11 is 6.16. The van der Waals surface area contributed by atoms with Gasteiger partial charge in [0.1, 0.15) is 0 Å². The highest BCUT2D eigenvalue weighted by Gasteiger charge is 2.18. The molecule has 2 rings (SSSR count). The second kappa shape index (κ2) is 7.97. The fourth-order valence-electron chi connectivity index (χ4n) is 2.35. The number of hydrogen-bond donors (Lipinski definition) is 3. The highest BCUT2D eigenvalue weighted by atomic mass is 35.5. The zero-order valence-electron chi connectivity index (χ0n) is 13.9. The van der Waals surface area contributed by atoms with Crippen LogP contribution in [0.2, 0.25) is 5.02 Å². The molecular weight excluding hydrogens is 362 g/mol. The van der Waals surface area contributed by atoms with Crippen LogP contribution in [0, 0.1) is 0 Å². The first-order valence-electron chi connectivity index (χ1n) is 7.62. The first-order chi connectivity index (χ1) is 11.7. The van der Waals surface area contributed by atoms with Gasteiger partial charge < -0.3 is 5.32 Å². The fraction of sp³-hybridized carbons (Fsp3) is 0.235. The SMILES string of the molecule is C[C@@H](N[C@H](C)c1ccccc1Cl)C(=O)Nc1ccc(S(N)(=O)=O)cc1. The van der Waals surface area contributed by atoms with Crippen molar-refractivity contribution in [1.29, 1.82) is 0 Å². The van der Waals surface area contributed by atoms with Crippen LogP contribution in [0.3, 0.4) is 0 Å². The molecule has 0 heterocycles. The van der Waals surface area contributed by atoms with E-state index in [0.717, 1.165) is 5.56 Å². The van der Waals surface area contributed by atoms with Crippen molar-refractivity contribution in [3.8, 4) is 0 Å². The number of amides is 1. The normalized spacial score (nSPS) is 13.9. The summed E-state index contributed by atoms with van der Waals surface area (Å²) < 4.78 is 22.5. The van der Waals surface area contributed by atoms with Gasteiger partial charge in [0.05, 0.1) is 10.9 Å². The molecule has 0 aromatic heterocycles. The highest BCUT2D eigenvalue weighted by molar-refractivity contribution is 7.89. The second-order valence-corrected chi connectivity index (χ2v) is 7.66. The van der Waals surface area contributed by atoms with E-state index >= 15 is 0 Å². The Kier molecular flexibility index (Phi) is 6.18. The van der Waals surface area contributed by atoms with E-state index in [1.54, 1.807) is 13.0 Å². The first kappa shape index (κ1) is 19.4. The molecule has 0 aliphatic carbocycles. The number of carbonyl (C=O) groups excluding carboxylic acids is 1. The largest absolute Gasteiger partial charge is 0.325 e. The Morgan fingerprint density at radius 1 is 1.08 bits per heavy atom. The summed E-state index contributed by atoms with van der Waals surface area (Å²) in [4.78, 5) is 12.3. The van der Waals surface area contributed by atoms with Crippen molar-refractivity contribution in [3.63, 3.8) is 0 Å². The molecule has 0 bridgehead atoms. The van der Waals surface area contributed by atoms with Crippen LogP contribution in [0.4, 0.5) is 5.69 Å². The lowest BCUT2D eigenvalue weighted by Gasteiger charge is -2.21. The molecular formula is C17H20ClN3O3S. The van der Waals surface area contributed by atoms with Crippen molar-refractivity contribution in [2.75, 3.05) is 5.32 Å². The van der Waals surface area contributed by atoms with Crippen LogP contribution >= 0.6 is 11.6 Å². The number of benzene rings is 2. The van der Waals surface area contributed by atoms with Crippen molar-refractivity contribution in [1.82, 2.24) is 5.32 Å². The minimum atomic E-state index is -3.75. The Balaban J connectivity index is 1.99. The number of sulfonamides is 1. The molecule has 8 heteroatoms. The van der Waals surface area contributed by atoms with Crippen LogP contribution in [0.25, 0.3) is 0 Å². The molecule has 4 N–H and O–H groups in total. The van der Waals surface area contributed by atoms with Gasteiger partial charge in [-0.05, 0) is 49.7 Å². The molecule has 0 saturated carbocycles. The van der Waals surface area contributed by atoms with Crippen molar-refractivity contribution >= 4 is 33.2 Å². The molecule has 0 radical (unpaired) electrons. The Morgan fingerprint density at radius 3 is 2.24 bits per heavy atom. The van der Waals surface area contributed by atoms with Gasteiger partial charge in [-0.15, -0.1) is 0 Å². The van der Waals surface area contributed by atoms with Crippen LogP contribution in [-0.4, -0.2) is 20.4 Å². The van der Waals surface area contributed by atoms with Crippen LogP contribution in [0.1, 0.15) is 25.5 Å². The Hall–Kier alpha value is -1.93. The molecule has 6 nitrogen and oxygen atoms in total. The number of hydrogen-bond acceptors (Lipinski definition) is 4. The van der Waals surface area contributed by atoms with Crippen molar-refractivity contribution < 1.29 is 13.2 Å². The smallest absolute Gasteiger partial charge is 0.241 e. The maximum Gasteiger partial charge on any atom is 0.241 e. The molecule has 0 aliphatic heterocycles. The van der Waals surface area contributed by atoms with Crippen LogP contribution in [0.5, 0.6) is 0 Å². The van der Waals surface area contributed by atoms with E-state index in [1.807, 2.05) is 25.1 Å². The van der Waals surface area contributed by atoms with Gasteiger partial charge in [-0.2, -0.15) is 0 Å². The maximum atomic E-state index is 12.3. The summed E-state index contributed by atoms with van der Waals surface area (Å²) in [7, 11) is -3.75. The lowest BCUT2D eigenvalue weighted by atomic mass is 10.1. The third-order valence-electron chi connectivity index (χ3n) is 3.72. The van der Waals surface area contributed by atoms with E-state index in [4.69, 9.17) is 16.7 Å². The lowest BCUT2D eigenvalue weighted by Crippen LogP contribution is -2.39. The molecule has 0 fully saturated rings. The van der Waals surface area contributed by atoms with Gasteiger partial charge in [0, 0.05) is 16.8 Å². The molecule has 0 saturated heterocycles. The number of nitrogens with two attached hydrogens (primary N) is 1. The third-order valence-corrected chi connectivity index (χ3v) is 4.99. The zero-order chi connectivity index (χ0) is 18.6. The van der Waals surface area contributed by atoms with E-state index in [2.05, 4.69) is 10.6 Å². The Bertz CT molecular complexity index is 854. The highest BCUT2D eigenvalue weighted by Crippen LogP contribution is 2.22. The number of anilines is 1. The van der Waals surface area contributed by atoms with Gasteiger partial charge >= 0.3 is 0 Å². The summed E-state index contributed by atoms with van der Waals surface area (Å²) in [5.41, 5.74) is 1.39. The molecule has 2 atom stereocenters. The van der Waals surface area contributed by atoms with Gasteiger partial charge in [-0.1, -0.05) is 29.8 Å². The third kappa shape index (κ3) is 5.27. The topological polar surface area (TPSA) is 101 Å². The average molecular weight is 382 g/mol. The van der Waals surface area contributed by atoms with Gasteiger partial charge in [-0.25, -0.2) is 13.6 Å². The molecule has 0 aliphatic rings.